The third-order valence-electron chi connectivity index (χ3n) is 3.23. The van der Waals surface area contributed by atoms with Crippen molar-refractivity contribution in [2.45, 2.75) is 25.7 Å². The Balaban J connectivity index is 1.79. The summed E-state index contributed by atoms with van der Waals surface area (Å²) in [6.07, 6.45) is 1.60. The minimum absolute atomic E-state index is 0.181. The van der Waals surface area contributed by atoms with Gasteiger partial charge in [-0.05, 0) is 18.4 Å². The Labute approximate surface area is 102 Å². The molecule has 1 atom stereocenters. The van der Waals surface area contributed by atoms with Crippen LogP contribution < -0.4 is 0 Å². The number of hydrogen-bond donors (Lipinski definition) is 0. The van der Waals surface area contributed by atoms with E-state index in [2.05, 4.69) is 6.07 Å². The molecule has 17 heavy (non-hydrogen) atoms. The molecule has 0 heterocycles. The second kappa shape index (κ2) is 5.81. The van der Waals surface area contributed by atoms with E-state index < -0.39 is 0 Å². The average molecular weight is 231 g/mol. The molecule has 3 nitrogen and oxygen atoms in total. The Morgan fingerprint density at radius 2 is 2.06 bits per heavy atom. The fourth-order valence-electron chi connectivity index (χ4n) is 2.14. The Hall–Kier alpha value is -1.37. The van der Waals surface area contributed by atoms with Gasteiger partial charge in [-0.2, -0.15) is 5.26 Å². The molecule has 90 valence electrons. The maximum atomic E-state index is 8.73. The van der Waals surface area contributed by atoms with Crippen molar-refractivity contribution in [1.82, 2.24) is 0 Å². The first-order chi connectivity index (χ1) is 8.33. The lowest BCUT2D eigenvalue weighted by Crippen LogP contribution is -2.35. The Morgan fingerprint density at radius 1 is 1.35 bits per heavy atom. The highest BCUT2D eigenvalue weighted by Crippen LogP contribution is 2.37. The smallest absolute Gasteiger partial charge is 0.160 e. The molecule has 0 N–H and O–H groups in total. The van der Waals surface area contributed by atoms with Crippen molar-refractivity contribution in [3.8, 4) is 6.07 Å². The number of methoxy groups -OCH3 is 1. The minimum Gasteiger partial charge on any atom is -0.356 e. The van der Waals surface area contributed by atoms with E-state index in [9.17, 15) is 0 Å². The maximum Gasteiger partial charge on any atom is 0.160 e. The van der Waals surface area contributed by atoms with Crippen LogP contribution in [0.3, 0.4) is 0 Å². The largest absolute Gasteiger partial charge is 0.356 e. The van der Waals surface area contributed by atoms with E-state index in [-0.39, 0.29) is 12.2 Å². The summed E-state index contributed by atoms with van der Waals surface area (Å²) in [6, 6.07) is 12.3. The Kier molecular flexibility index (Phi) is 4.13. The van der Waals surface area contributed by atoms with Crippen LogP contribution in [0.2, 0.25) is 0 Å². The first-order valence-electron chi connectivity index (χ1n) is 5.91. The van der Waals surface area contributed by atoms with Crippen LogP contribution in [-0.2, 0) is 16.1 Å². The predicted molar refractivity (Wildman–Crippen MR) is 63.9 cm³/mol. The van der Waals surface area contributed by atoms with Crippen LogP contribution in [0, 0.1) is 23.2 Å². The second-order valence-corrected chi connectivity index (χ2v) is 4.46. The summed E-state index contributed by atoms with van der Waals surface area (Å²) in [4.78, 5) is 0. The molecule has 1 unspecified atom stereocenters. The van der Waals surface area contributed by atoms with Gasteiger partial charge in [0.2, 0.25) is 0 Å². The van der Waals surface area contributed by atoms with E-state index in [1.54, 1.807) is 7.11 Å². The molecule has 0 radical (unpaired) electrons. The lowest BCUT2D eigenvalue weighted by atomic mass is 9.75. The number of hydrogen-bond acceptors (Lipinski definition) is 3. The fraction of sp³-hybridized carbons (Fsp3) is 0.500. The topological polar surface area (TPSA) is 42.2 Å². The first kappa shape index (κ1) is 12.1. The van der Waals surface area contributed by atoms with E-state index >= 15 is 0 Å². The van der Waals surface area contributed by atoms with Gasteiger partial charge in [0.25, 0.3) is 0 Å². The van der Waals surface area contributed by atoms with Gasteiger partial charge in [0.1, 0.15) is 0 Å². The number of ether oxygens (including phenoxy) is 2. The molecule has 0 amide bonds. The number of benzene rings is 1. The average Bonchev–Trinajstić information content (AvgIpc) is 2.33. The molecule has 1 saturated carbocycles. The first-order valence-corrected chi connectivity index (χ1v) is 5.91. The summed E-state index contributed by atoms with van der Waals surface area (Å²) in [7, 11) is 1.66. The van der Waals surface area contributed by atoms with Gasteiger partial charge in [0, 0.05) is 18.9 Å². The molecule has 1 aliphatic rings. The second-order valence-electron chi connectivity index (χ2n) is 4.46. The zero-order valence-corrected chi connectivity index (χ0v) is 10.0. The van der Waals surface area contributed by atoms with E-state index in [1.165, 1.54) is 0 Å². The lowest BCUT2D eigenvalue weighted by molar-refractivity contribution is -0.182. The van der Waals surface area contributed by atoms with Crippen molar-refractivity contribution in [1.29, 1.82) is 5.26 Å². The Bertz CT molecular complexity index is 379. The van der Waals surface area contributed by atoms with Crippen LogP contribution in [0.1, 0.15) is 18.4 Å². The molecule has 3 heteroatoms. The van der Waals surface area contributed by atoms with E-state index in [0.717, 1.165) is 18.4 Å². The summed E-state index contributed by atoms with van der Waals surface area (Å²) in [6.45, 7) is 0.563. The van der Waals surface area contributed by atoms with Crippen molar-refractivity contribution in [2.24, 2.45) is 11.8 Å². The van der Waals surface area contributed by atoms with E-state index in [0.29, 0.717) is 12.5 Å². The lowest BCUT2D eigenvalue weighted by Gasteiger charge is -2.35. The summed E-state index contributed by atoms with van der Waals surface area (Å²) >= 11 is 0. The van der Waals surface area contributed by atoms with Gasteiger partial charge in [0.05, 0.1) is 12.7 Å². The fourth-order valence-corrected chi connectivity index (χ4v) is 2.14. The van der Waals surface area contributed by atoms with Crippen molar-refractivity contribution in [2.75, 3.05) is 7.11 Å². The molecule has 1 aromatic rings. The van der Waals surface area contributed by atoms with Crippen LogP contribution in [0.25, 0.3) is 0 Å². The van der Waals surface area contributed by atoms with Crippen molar-refractivity contribution < 1.29 is 9.47 Å². The minimum atomic E-state index is -0.181. The third-order valence-corrected chi connectivity index (χ3v) is 3.23. The van der Waals surface area contributed by atoms with Crippen LogP contribution in [0.4, 0.5) is 0 Å². The van der Waals surface area contributed by atoms with Gasteiger partial charge in [-0.15, -0.1) is 0 Å². The van der Waals surface area contributed by atoms with Gasteiger partial charge in [-0.3, -0.25) is 0 Å². The zero-order chi connectivity index (χ0) is 12.1. The molecular weight excluding hydrogens is 214 g/mol. The summed E-state index contributed by atoms with van der Waals surface area (Å²) in [5.74, 6) is 0.561. The highest BCUT2D eigenvalue weighted by molar-refractivity contribution is 5.13. The van der Waals surface area contributed by atoms with Gasteiger partial charge < -0.3 is 9.47 Å². The molecule has 1 fully saturated rings. The third kappa shape index (κ3) is 3.06. The molecule has 0 aromatic heterocycles. The monoisotopic (exact) mass is 231 g/mol. The summed E-state index contributed by atoms with van der Waals surface area (Å²) in [5, 5.41) is 8.73. The van der Waals surface area contributed by atoms with Gasteiger partial charge in [0.15, 0.2) is 6.29 Å². The zero-order valence-electron chi connectivity index (χ0n) is 10.0. The van der Waals surface area contributed by atoms with Crippen LogP contribution in [0.5, 0.6) is 0 Å². The van der Waals surface area contributed by atoms with E-state index in [4.69, 9.17) is 14.7 Å². The number of nitriles is 1. The van der Waals surface area contributed by atoms with Crippen molar-refractivity contribution in [3.63, 3.8) is 0 Å². The molecule has 1 aromatic carbocycles. The molecule has 1 aliphatic carbocycles. The summed E-state index contributed by atoms with van der Waals surface area (Å²) < 4.78 is 11.1. The number of rotatable bonds is 5. The highest BCUT2D eigenvalue weighted by Gasteiger charge is 2.35. The van der Waals surface area contributed by atoms with Crippen LogP contribution in [-0.4, -0.2) is 13.4 Å². The standard InChI is InChI=1S/C14H17NO2/c1-16-14(13-7-12(8-13)9-15)17-10-11-5-3-2-4-6-11/h2-6,12-14H,7-8,10H2,1H3. The van der Waals surface area contributed by atoms with Gasteiger partial charge in [-0.25, -0.2) is 0 Å². The Morgan fingerprint density at radius 3 is 2.65 bits per heavy atom. The highest BCUT2D eigenvalue weighted by atomic mass is 16.7. The number of nitrogens with zero attached hydrogens (tertiary/aromatic N) is 1. The van der Waals surface area contributed by atoms with Gasteiger partial charge >= 0.3 is 0 Å². The molecule has 0 aliphatic heterocycles. The maximum absolute atomic E-state index is 8.73. The van der Waals surface area contributed by atoms with Gasteiger partial charge in [-0.1, -0.05) is 30.3 Å². The van der Waals surface area contributed by atoms with E-state index in [1.807, 2.05) is 30.3 Å². The SMILES string of the molecule is COC(OCc1ccccc1)C1CC(C#N)C1. The quantitative estimate of drug-likeness (QED) is 0.732. The predicted octanol–water partition coefficient (Wildman–Crippen LogP) is 2.73. The molecular formula is C14H17NO2. The van der Waals surface area contributed by atoms with Crippen molar-refractivity contribution >= 4 is 0 Å². The molecule has 0 saturated heterocycles. The molecule has 0 spiro atoms. The molecule has 2 rings (SSSR count). The van der Waals surface area contributed by atoms with Crippen LogP contribution in [0.15, 0.2) is 30.3 Å². The summed E-state index contributed by atoms with van der Waals surface area (Å²) in [5.41, 5.74) is 1.14. The van der Waals surface area contributed by atoms with Crippen molar-refractivity contribution in [3.05, 3.63) is 35.9 Å². The normalized spacial score (nSPS) is 24.7. The van der Waals surface area contributed by atoms with Crippen LogP contribution >= 0.6 is 0 Å². The molecule has 0 bridgehead atoms.